The number of rotatable bonds is 8. The normalized spacial score (nSPS) is 25.1. The van der Waals surface area contributed by atoms with Crippen molar-refractivity contribution in [1.29, 1.82) is 0 Å². The number of nitrogens with zero attached hydrogens (tertiary/aromatic N) is 1. The highest BCUT2D eigenvalue weighted by Gasteiger charge is 2.22. The maximum absolute atomic E-state index is 11.2. The minimum atomic E-state index is -1.21. The molecule has 1 aliphatic carbocycles. The number of hydrogen-bond donors (Lipinski definition) is 1. The summed E-state index contributed by atoms with van der Waals surface area (Å²) in [7, 11) is 1.52. The first-order chi connectivity index (χ1) is 9.34. The van der Waals surface area contributed by atoms with Gasteiger partial charge in [0.15, 0.2) is 0 Å². The van der Waals surface area contributed by atoms with Crippen LogP contribution in [0, 0.1) is 10.6 Å². The van der Waals surface area contributed by atoms with Gasteiger partial charge in [0.2, 0.25) is 0 Å². The second kappa shape index (κ2) is 8.10. The zero-order valence-corrected chi connectivity index (χ0v) is 13.0. The molecule has 0 radical (unpaired) electrons. The van der Waals surface area contributed by atoms with Crippen LogP contribution in [-0.4, -0.2) is 42.4 Å². The largest absolute Gasteiger partial charge is 0.785 e. The number of ether oxygens (including phenoxy) is 2. The van der Waals surface area contributed by atoms with E-state index < -0.39 is 6.48 Å². The molecule has 5 heteroatoms. The van der Waals surface area contributed by atoms with Gasteiger partial charge >= 0.3 is 0 Å². The van der Waals surface area contributed by atoms with Crippen molar-refractivity contribution in [2.75, 3.05) is 13.7 Å². The quantitative estimate of drug-likeness (QED) is 0.422. The molecule has 0 bridgehead atoms. The smallest absolute Gasteiger partial charge is 0.269 e. The molecule has 0 spiro atoms. The summed E-state index contributed by atoms with van der Waals surface area (Å²) in [6, 6.07) is -0.0867. The highest BCUT2D eigenvalue weighted by atomic mass is 16.8. The van der Waals surface area contributed by atoms with Crippen molar-refractivity contribution in [2.24, 2.45) is 5.41 Å². The zero-order valence-electron chi connectivity index (χ0n) is 13.0. The Bertz CT molecular complexity index is 304. The predicted octanol–water partition coefficient (Wildman–Crippen LogP) is 2.64. The first-order valence-corrected chi connectivity index (χ1v) is 7.37. The Morgan fingerprint density at radius 1 is 1.40 bits per heavy atom. The molecular weight excluding hydrogens is 258 g/mol. The van der Waals surface area contributed by atoms with E-state index in [1.54, 1.807) is 0 Å². The van der Waals surface area contributed by atoms with E-state index in [1.165, 1.54) is 7.05 Å². The second-order valence-corrected chi connectivity index (χ2v) is 6.28. The number of hydroxylamine groups is 2. The van der Waals surface area contributed by atoms with Crippen LogP contribution in [0.3, 0.4) is 0 Å². The molecule has 0 amide bonds. The van der Waals surface area contributed by atoms with Crippen LogP contribution in [0.4, 0.5) is 0 Å². The van der Waals surface area contributed by atoms with Gasteiger partial charge in [0, 0.05) is 6.04 Å². The number of hydrogen-bond acceptors (Lipinski definition) is 5. The molecule has 3 unspecified atom stereocenters. The fourth-order valence-electron chi connectivity index (χ4n) is 2.43. The van der Waals surface area contributed by atoms with Gasteiger partial charge < -0.3 is 24.9 Å². The Kier molecular flexibility index (Phi) is 7.12. The maximum atomic E-state index is 11.2. The van der Waals surface area contributed by atoms with E-state index >= 15 is 0 Å². The molecule has 0 aromatic heterocycles. The number of aliphatic hydroxyl groups is 1. The SMILES string of the molecule is CCCC(C)(C)COC(O)OC1C=CC(N(C)[O-])CC1. The van der Waals surface area contributed by atoms with E-state index in [-0.39, 0.29) is 17.6 Å². The fourth-order valence-corrected chi connectivity index (χ4v) is 2.43. The van der Waals surface area contributed by atoms with Gasteiger partial charge in [0.25, 0.3) is 6.48 Å². The van der Waals surface area contributed by atoms with Crippen molar-refractivity contribution in [2.45, 2.75) is 65.1 Å². The summed E-state index contributed by atoms with van der Waals surface area (Å²) >= 11 is 0. The van der Waals surface area contributed by atoms with Crippen LogP contribution in [0.5, 0.6) is 0 Å². The average molecular weight is 286 g/mol. The van der Waals surface area contributed by atoms with Crippen molar-refractivity contribution >= 4 is 0 Å². The zero-order chi connectivity index (χ0) is 15.2. The van der Waals surface area contributed by atoms with Gasteiger partial charge in [0.05, 0.1) is 12.7 Å². The molecule has 118 valence electrons. The highest BCUT2D eigenvalue weighted by molar-refractivity contribution is 5.03. The Hall–Kier alpha value is -0.460. The second-order valence-electron chi connectivity index (χ2n) is 6.28. The summed E-state index contributed by atoms with van der Waals surface area (Å²) in [4.78, 5) is 0. The summed E-state index contributed by atoms with van der Waals surface area (Å²) in [5, 5.41) is 21.8. The molecule has 1 aliphatic rings. The predicted molar refractivity (Wildman–Crippen MR) is 78.8 cm³/mol. The van der Waals surface area contributed by atoms with Gasteiger partial charge in [-0.2, -0.15) is 0 Å². The maximum Gasteiger partial charge on any atom is 0.269 e. The van der Waals surface area contributed by atoms with Gasteiger partial charge in [-0.1, -0.05) is 39.3 Å². The molecule has 0 heterocycles. The van der Waals surface area contributed by atoms with Gasteiger partial charge in [-0.05, 0) is 31.7 Å². The standard InChI is InChI=1S/C15H28NO4/c1-5-10-15(2,3)11-19-14(17)20-13-8-6-12(7-9-13)16(4)18/h6,8,12-14,17H,5,7,9-11H2,1-4H3/q-1. The van der Waals surface area contributed by atoms with E-state index in [2.05, 4.69) is 20.8 Å². The molecule has 20 heavy (non-hydrogen) atoms. The molecule has 3 atom stereocenters. The first kappa shape index (κ1) is 17.6. The first-order valence-electron chi connectivity index (χ1n) is 7.37. The summed E-state index contributed by atoms with van der Waals surface area (Å²) < 4.78 is 10.8. The van der Waals surface area contributed by atoms with E-state index in [4.69, 9.17) is 9.47 Å². The Labute approximate surface area is 122 Å². The molecule has 0 aliphatic heterocycles. The van der Waals surface area contributed by atoms with Crippen LogP contribution in [0.2, 0.25) is 0 Å². The summed E-state index contributed by atoms with van der Waals surface area (Å²) in [6.07, 6.45) is 7.04. The topological polar surface area (TPSA) is 65.0 Å². The lowest BCUT2D eigenvalue weighted by Gasteiger charge is -2.35. The molecule has 0 fully saturated rings. The molecule has 1 rings (SSSR count). The number of likely N-dealkylation sites (N-methyl/N-ethyl adjacent to an activating group) is 1. The van der Waals surface area contributed by atoms with Gasteiger partial charge in [0.1, 0.15) is 0 Å². The lowest BCUT2D eigenvalue weighted by molar-refractivity contribution is -0.284. The lowest BCUT2D eigenvalue weighted by Crippen LogP contribution is -2.33. The molecule has 5 nitrogen and oxygen atoms in total. The van der Waals surface area contributed by atoms with Crippen LogP contribution in [0.25, 0.3) is 0 Å². The van der Waals surface area contributed by atoms with Crippen LogP contribution in [0.1, 0.15) is 46.5 Å². The third-order valence-electron chi connectivity index (χ3n) is 3.60. The van der Waals surface area contributed by atoms with Crippen LogP contribution in [0.15, 0.2) is 12.2 Å². The summed E-state index contributed by atoms with van der Waals surface area (Å²) in [5.74, 6) is 0. The molecule has 0 aromatic rings. The summed E-state index contributed by atoms with van der Waals surface area (Å²) in [5.41, 5.74) is 0.0395. The molecule has 1 N–H and O–H groups in total. The minimum Gasteiger partial charge on any atom is -0.785 e. The molecular formula is C15H28NO4-. The Morgan fingerprint density at radius 3 is 2.60 bits per heavy atom. The van der Waals surface area contributed by atoms with E-state index in [9.17, 15) is 10.3 Å². The third kappa shape index (κ3) is 6.33. The van der Waals surface area contributed by atoms with Gasteiger partial charge in [-0.25, -0.2) is 0 Å². The molecule has 0 saturated heterocycles. The summed E-state index contributed by atoms with van der Waals surface area (Å²) in [6.45, 7) is 5.61. The van der Waals surface area contributed by atoms with Crippen molar-refractivity contribution in [3.05, 3.63) is 17.4 Å². The van der Waals surface area contributed by atoms with Crippen molar-refractivity contribution in [3.8, 4) is 0 Å². The minimum absolute atomic E-state index is 0.0395. The lowest BCUT2D eigenvalue weighted by atomic mass is 9.89. The van der Waals surface area contributed by atoms with Crippen LogP contribution in [-0.2, 0) is 9.47 Å². The van der Waals surface area contributed by atoms with E-state index in [0.29, 0.717) is 13.0 Å². The monoisotopic (exact) mass is 286 g/mol. The van der Waals surface area contributed by atoms with Gasteiger partial charge in [-0.15, -0.1) is 0 Å². The molecule has 0 aromatic carbocycles. The van der Waals surface area contributed by atoms with Crippen molar-refractivity contribution in [3.63, 3.8) is 0 Å². The average Bonchev–Trinajstić information content (AvgIpc) is 2.37. The van der Waals surface area contributed by atoms with Crippen LogP contribution >= 0.6 is 0 Å². The van der Waals surface area contributed by atoms with Crippen molar-refractivity contribution in [1.82, 2.24) is 5.06 Å². The fraction of sp³-hybridized carbons (Fsp3) is 0.867. The van der Waals surface area contributed by atoms with E-state index in [1.807, 2.05) is 12.2 Å². The molecule has 0 saturated carbocycles. The van der Waals surface area contributed by atoms with Gasteiger partial charge in [-0.3, -0.25) is 0 Å². The van der Waals surface area contributed by atoms with E-state index in [0.717, 1.165) is 24.3 Å². The number of aliphatic hydroxyl groups excluding tert-OH is 1. The third-order valence-corrected chi connectivity index (χ3v) is 3.60. The Morgan fingerprint density at radius 2 is 2.10 bits per heavy atom. The van der Waals surface area contributed by atoms with Crippen LogP contribution < -0.4 is 0 Å². The van der Waals surface area contributed by atoms with Crippen molar-refractivity contribution < 1.29 is 14.6 Å². The Balaban J connectivity index is 2.30. The highest BCUT2D eigenvalue weighted by Crippen LogP contribution is 2.24.